The maximum Gasteiger partial charge on any atom is 0.294 e. The number of nitro groups is 1. The fourth-order valence-electron chi connectivity index (χ4n) is 3.82. The Balaban J connectivity index is 1.46. The number of anilines is 2. The Bertz CT molecular complexity index is 1880. The van der Waals surface area contributed by atoms with Gasteiger partial charge in [0.2, 0.25) is 0 Å². The van der Waals surface area contributed by atoms with Crippen molar-refractivity contribution in [2.24, 2.45) is 10.2 Å². The predicted octanol–water partition coefficient (Wildman–Crippen LogP) is 5.88. The van der Waals surface area contributed by atoms with E-state index in [0.717, 1.165) is 17.7 Å². The summed E-state index contributed by atoms with van der Waals surface area (Å²) >= 11 is 0. The van der Waals surface area contributed by atoms with Crippen LogP contribution in [0.1, 0.15) is 18.9 Å². The number of ether oxygens (including phenoxy) is 1. The average molecular weight is 640 g/mol. The number of sulfonamides is 2. The van der Waals surface area contributed by atoms with Gasteiger partial charge >= 0.3 is 0 Å². The van der Waals surface area contributed by atoms with Crippen molar-refractivity contribution in [1.82, 2.24) is 4.13 Å². The van der Waals surface area contributed by atoms with Crippen LogP contribution in [0, 0.1) is 17.0 Å². The highest BCUT2D eigenvalue weighted by Gasteiger charge is 2.27. The van der Waals surface area contributed by atoms with Crippen LogP contribution in [0.3, 0.4) is 0 Å². The first kappa shape index (κ1) is 32.2. The predicted molar refractivity (Wildman–Crippen MR) is 164 cm³/mol. The summed E-state index contributed by atoms with van der Waals surface area (Å²) in [7, 11) is -9.12. The molecule has 4 rings (SSSR count). The first-order valence-electron chi connectivity index (χ1n) is 13.2. The highest BCUT2D eigenvalue weighted by molar-refractivity contribution is 8.04. The molecule has 0 bridgehead atoms. The lowest BCUT2D eigenvalue weighted by atomic mass is 10.2. The molecule has 0 aliphatic rings. The van der Waals surface area contributed by atoms with Crippen LogP contribution in [-0.2, 0) is 20.0 Å². The van der Waals surface area contributed by atoms with Gasteiger partial charge in [0, 0.05) is 11.8 Å². The fraction of sp³-hybridized carbons (Fsp3) is 0.172. The normalized spacial score (nSPS) is 12.6. The molecular formula is C29H29N5O8S2. The number of nitrogens with zero attached hydrogens (tertiary/aromatic N) is 3. The number of aliphatic hydroxyl groups is 1. The summed E-state index contributed by atoms with van der Waals surface area (Å²) in [5.74, 6) is 0.639. The minimum atomic E-state index is -4.67. The maximum absolute atomic E-state index is 12.8. The minimum Gasteiger partial charge on any atom is -0.491 e. The summed E-state index contributed by atoms with van der Waals surface area (Å²) in [5, 5.41) is 32.8. The Hall–Kier alpha value is -4.70. The standard InChI is InChI=1S/C29H29N5O8S2/c1-3-24(35)19-42-29-16-13-23(17-20(29)2)32-31-22-11-9-21(10-12-22)30-27-15-14-26(18-28(27)34(36)37)44(40,41)33-43(38,39)25-7-5-4-6-8-25/h4-18,24,30,33,35H,3,19H2,1-2H3. The molecule has 0 fully saturated rings. The Kier molecular flexibility index (Phi) is 10.1. The van der Waals surface area contributed by atoms with Gasteiger partial charge in [0.05, 0.1) is 32.2 Å². The summed E-state index contributed by atoms with van der Waals surface area (Å²) in [6.07, 6.45) is 0.0517. The zero-order valence-electron chi connectivity index (χ0n) is 23.6. The van der Waals surface area contributed by atoms with E-state index in [1.807, 2.05) is 13.8 Å². The number of nitrogens with one attached hydrogen (secondary N) is 2. The summed E-state index contributed by atoms with van der Waals surface area (Å²) in [6, 6.07) is 21.6. The molecule has 230 valence electrons. The van der Waals surface area contributed by atoms with E-state index >= 15 is 0 Å². The van der Waals surface area contributed by atoms with Crippen LogP contribution in [0.15, 0.2) is 111 Å². The van der Waals surface area contributed by atoms with Crippen molar-refractivity contribution in [2.75, 3.05) is 11.9 Å². The van der Waals surface area contributed by atoms with E-state index in [-0.39, 0.29) is 17.2 Å². The third kappa shape index (κ3) is 8.23. The number of rotatable bonds is 13. The monoisotopic (exact) mass is 639 g/mol. The summed E-state index contributed by atoms with van der Waals surface area (Å²) in [4.78, 5) is 10.1. The second-order valence-electron chi connectivity index (χ2n) is 9.53. The van der Waals surface area contributed by atoms with E-state index in [1.165, 1.54) is 30.3 Å². The molecule has 1 atom stereocenters. The van der Waals surface area contributed by atoms with Crippen molar-refractivity contribution in [3.63, 3.8) is 0 Å². The SMILES string of the molecule is CCC(O)COc1ccc(N=Nc2ccc(Nc3ccc(S(=O)(=O)NS(=O)(=O)c4ccccc4)cc3[N+](=O)[O-])cc2)cc1C. The number of aliphatic hydroxyl groups excluding tert-OH is 1. The smallest absolute Gasteiger partial charge is 0.294 e. The van der Waals surface area contributed by atoms with E-state index < -0.39 is 41.7 Å². The number of hydrogen-bond donors (Lipinski definition) is 3. The van der Waals surface area contributed by atoms with Crippen LogP contribution in [-0.4, -0.2) is 39.6 Å². The van der Waals surface area contributed by atoms with E-state index in [0.29, 0.717) is 29.2 Å². The quantitative estimate of drug-likeness (QED) is 0.0911. The molecule has 4 aromatic carbocycles. The molecule has 15 heteroatoms. The summed E-state index contributed by atoms with van der Waals surface area (Å²) in [6.45, 7) is 3.92. The van der Waals surface area contributed by atoms with Crippen molar-refractivity contribution in [3.05, 3.63) is 107 Å². The highest BCUT2D eigenvalue weighted by atomic mass is 32.3. The van der Waals surface area contributed by atoms with Crippen molar-refractivity contribution in [1.29, 1.82) is 0 Å². The zero-order valence-corrected chi connectivity index (χ0v) is 25.2. The molecule has 13 nitrogen and oxygen atoms in total. The lowest BCUT2D eigenvalue weighted by Gasteiger charge is -2.12. The van der Waals surface area contributed by atoms with Gasteiger partial charge in [0.15, 0.2) is 0 Å². The van der Waals surface area contributed by atoms with E-state index in [4.69, 9.17) is 4.74 Å². The molecule has 0 spiro atoms. The molecule has 0 saturated carbocycles. The van der Waals surface area contributed by atoms with Gasteiger partial charge in [-0.05, 0) is 85.6 Å². The van der Waals surface area contributed by atoms with Crippen LogP contribution < -0.4 is 14.2 Å². The van der Waals surface area contributed by atoms with Gasteiger partial charge in [-0.1, -0.05) is 25.1 Å². The van der Waals surface area contributed by atoms with Crippen molar-refractivity contribution in [3.8, 4) is 5.75 Å². The van der Waals surface area contributed by atoms with Crippen LogP contribution in [0.2, 0.25) is 0 Å². The fourth-order valence-corrected chi connectivity index (χ4v) is 6.77. The molecule has 44 heavy (non-hydrogen) atoms. The Labute approximate surface area is 254 Å². The molecule has 0 aromatic heterocycles. The number of benzene rings is 4. The van der Waals surface area contributed by atoms with Gasteiger partial charge in [-0.2, -0.15) is 10.2 Å². The molecule has 0 aliphatic carbocycles. The molecule has 0 radical (unpaired) electrons. The number of hydrogen-bond acceptors (Lipinski definition) is 11. The number of azo groups is 1. The van der Waals surface area contributed by atoms with Gasteiger partial charge in [-0.3, -0.25) is 10.1 Å². The molecule has 0 amide bonds. The van der Waals surface area contributed by atoms with E-state index in [9.17, 15) is 32.1 Å². The minimum absolute atomic E-state index is 0.0153. The van der Waals surface area contributed by atoms with Crippen LogP contribution in [0.4, 0.5) is 28.4 Å². The van der Waals surface area contributed by atoms with Gasteiger partial charge in [0.25, 0.3) is 25.7 Å². The van der Waals surface area contributed by atoms with Crippen LogP contribution in [0.25, 0.3) is 0 Å². The van der Waals surface area contributed by atoms with Gasteiger partial charge in [0.1, 0.15) is 18.0 Å². The lowest BCUT2D eigenvalue weighted by Crippen LogP contribution is -2.30. The van der Waals surface area contributed by atoms with Crippen LogP contribution >= 0.6 is 0 Å². The zero-order chi connectivity index (χ0) is 31.9. The average Bonchev–Trinajstić information content (AvgIpc) is 3.00. The first-order valence-corrected chi connectivity index (χ1v) is 16.2. The van der Waals surface area contributed by atoms with E-state index in [1.54, 1.807) is 52.7 Å². The van der Waals surface area contributed by atoms with Crippen molar-refractivity contribution in [2.45, 2.75) is 36.2 Å². The van der Waals surface area contributed by atoms with Crippen LogP contribution in [0.5, 0.6) is 5.75 Å². The third-order valence-corrected chi connectivity index (χ3v) is 9.76. The Morgan fingerprint density at radius 1 is 0.864 bits per heavy atom. The molecule has 0 saturated heterocycles. The third-order valence-electron chi connectivity index (χ3n) is 6.24. The van der Waals surface area contributed by atoms with Gasteiger partial charge in [-0.15, -0.1) is 4.13 Å². The maximum atomic E-state index is 12.8. The lowest BCUT2D eigenvalue weighted by molar-refractivity contribution is -0.384. The topological polar surface area (TPSA) is 190 Å². The first-order chi connectivity index (χ1) is 20.9. The Morgan fingerprint density at radius 3 is 2.14 bits per heavy atom. The molecular weight excluding hydrogens is 610 g/mol. The van der Waals surface area contributed by atoms with Gasteiger partial charge in [-0.25, -0.2) is 16.8 Å². The second-order valence-corrected chi connectivity index (χ2v) is 13.2. The molecule has 0 aliphatic heterocycles. The molecule has 1 unspecified atom stereocenters. The molecule has 3 N–H and O–H groups in total. The summed E-state index contributed by atoms with van der Waals surface area (Å²) < 4.78 is 57.9. The molecule has 4 aromatic rings. The summed E-state index contributed by atoms with van der Waals surface area (Å²) in [5.41, 5.74) is 1.77. The number of aryl methyl sites for hydroxylation is 1. The number of nitro benzene ring substituents is 1. The highest BCUT2D eigenvalue weighted by Crippen LogP contribution is 2.32. The largest absolute Gasteiger partial charge is 0.491 e. The Morgan fingerprint density at radius 2 is 1.50 bits per heavy atom. The van der Waals surface area contributed by atoms with Crippen molar-refractivity contribution < 1.29 is 31.6 Å². The van der Waals surface area contributed by atoms with E-state index in [2.05, 4.69) is 15.5 Å². The van der Waals surface area contributed by atoms with Gasteiger partial charge < -0.3 is 15.2 Å². The second kappa shape index (κ2) is 13.7. The van der Waals surface area contributed by atoms with Crippen molar-refractivity contribution >= 4 is 48.5 Å². The molecule has 0 heterocycles.